The number of thiazole rings is 1. The number of rotatable bonds is 6. The Balaban J connectivity index is 2.47. The predicted molar refractivity (Wildman–Crippen MR) is 98.7 cm³/mol. The maximum atomic E-state index is 9.43. The number of ether oxygens (including phenoxy) is 2. The third-order valence-electron chi connectivity index (χ3n) is 2.97. The first-order valence-corrected chi connectivity index (χ1v) is 8.87. The van der Waals surface area contributed by atoms with Gasteiger partial charge in [-0.05, 0) is 51.5 Å². The van der Waals surface area contributed by atoms with Crippen LogP contribution in [0.1, 0.15) is 37.0 Å². The molecule has 1 heterocycles. The van der Waals surface area contributed by atoms with Crippen LogP contribution in [-0.4, -0.2) is 17.7 Å². The molecule has 0 unspecified atom stereocenters. The molecule has 0 amide bonds. The lowest BCUT2D eigenvalue weighted by Gasteiger charge is -2.16. The second-order valence-electron chi connectivity index (χ2n) is 5.39. The first-order valence-electron chi connectivity index (χ1n) is 7.61. The van der Waals surface area contributed by atoms with E-state index >= 15 is 0 Å². The maximum Gasteiger partial charge on any atom is 0.180 e. The molecule has 126 valence electrons. The molecule has 6 heteroatoms. The average molecular weight is 363 g/mol. The van der Waals surface area contributed by atoms with Crippen molar-refractivity contribution in [1.29, 1.82) is 5.26 Å². The fraction of sp³-hybridized carbons (Fsp3) is 0.333. The van der Waals surface area contributed by atoms with E-state index in [1.165, 1.54) is 11.3 Å². The van der Waals surface area contributed by atoms with Crippen molar-refractivity contribution < 1.29 is 9.47 Å². The predicted octanol–water partition coefficient (Wildman–Crippen LogP) is 5.36. The largest absolute Gasteiger partial charge is 0.490 e. The SMILES string of the molecule is CCOc1cc(/C=C(/C#N)c2nc(C)cs2)cc(Cl)c1OC(C)C. The Hall–Kier alpha value is -2.03. The van der Waals surface area contributed by atoms with Gasteiger partial charge >= 0.3 is 0 Å². The van der Waals surface area contributed by atoms with Crippen molar-refractivity contribution in [3.05, 3.63) is 38.8 Å². The Kier molecular flexibility index (Phi) is 6.24. The van der Waals surface area contributed by atoms with E-state index in [1.54, 1.807) is 12.1 Å². The van der Waals surface area contributed by atoms with Crippen molar-refractivity contribution in [2.45, 2.75) is 33.8 Å². The summed E-state index contributed by atoms with van der Waals surface area (Å²) < 4.78 is 11.4. The van der Waals surface area contributed by atoms with Crippen LogP contribution in [0.15, 0.2) is 17.5 Å². The van der Waals surface area contributed by atoms with Gasteiger partial charge in [-0.1, -0.05) is 11.6 Å². The number of aromatic nitrogens is 1. The van der Waals surface area contributed by atoms with E-state index < -0.39 is 0 Å². The Bertz CT molecular complexity index is 791. The number of hydrogen-bond acceptors (Lipinski definition) is 5. The van der Waals surface area contributed by atoms with Gasteiger partial charge in [-0.25, -0.2) is 4.98 Å². The summed E-state index contributed by atoms with van der Waals surface area (Å²) in [4.78, 5) is 4.35. The Morgan fingerprint density at radius 2 is 2.21 bits per heavy atom. The van der Waals surface area contributed by atoms with Gasteiger partial charge in [-0.15, -0.1) is 11.3 Å². The summed E-state index contributed by atoms with van der Waals surface area (Å²) in [5.41, 5.74) is 2.15. The molecule has 0 aliphatic carbocycles. The maximum absolute atomic E-state index is 9.43. The van der Waals surface area contributed by atoms with Crippen molar-refractivity contribution in [3.8, 4) is 17.6 Å². The van der Waals surface area contributed by atoms with Crippen LogP contribution < -0.4 is 9.47 Å². The molecule has 4 nitrogen and oxygen atoms in total. The van der Waals surface area contributed by atoms with Crippen LogP contribution in [0.3, 0.4) is 0 Å². The number of benzene rings is 1. The molecular formula is C18H19ClN2O2S. The van der Waals surface area contributed by atoms with Gasteiger partial charge < -0.3 is 9.47 Å². The molecule has 0 radical (unpaired) electrons. The van der Waals surface area contributed by atoms with Gasteiger partial charge in [-0.3, -0.25) is 0 Å². The fourth-order valence-corrected chi connectivity index (χ4v) is 3.10. The number of aryl methyl sites for hydroxylation is 1. The van der Waals surface area contributed by atoms with Crippen molar-refractivity contribution in [1.82, 2.24) is 4.98 Å². The molecular weight excluding hydrogens is 344 g/mol. The highest BCUT2D eigenvalue weighted by molar-refractivity contribution is 7.11. The van der Waals surface area contributed by atoms with Crippen molar-refractivity contribution >= 4 is 34.6 Å². The zero-order chi connectivity index (χ0) is 17.7. The minimum atomic E-state index is -0.0175. The third kappa shape index (κ3) is 4.50. The van der Waals surface area contributed by atoms with E-state index in [4.69, 9.17) is 21.1 Å². The number of nitriles is 1. The Morgan fingerprint density at radius 1 is 1.46 bits per heavy atom. The van der Waals surface area contributed by atoms with Gasteiger partial charge in [0, 0.05) is 11.1 Å². The van der Waals surface area contributed by atoms with Gasteiger partial charge in [0.1, 0.15) is 11.1 Å². The summed E-state index contributed by atoms with van der Waals surface area (Å²) in [6.07, 6.45) is 1.74. The molecule has 0 aliphatic heterocycles. The summed E-state index contributed by atoms with van der Waals surface area (Å²) in [7, 11) is 0. The smallest absolute Gasteiger partial charge is 0.180 e. The van der Waals surface area contributed by atoms with Crippen LogP contribution in [0.4, 0.5) is 0 Å². The second kappa shape index (κ2) is 8.18. The highest BCUT2D eigenvalue weighted by atomic mass is 35.5. The molecule has 2 rings (SSSR count). The van der Waals surface area contributed by atoms with Crippen molar-refractivity contribution in [2.75, 3.05) is 6.61 Å². The third-order valence-corrected chi connectivity index (χ3v) is 4.24. The molecule has 0 atom stereocenters. The zero-order valence-corrected chi connectivity index (χ0v) is 15.7. The summed E-state index contributed by atoms with van der Waals surface area (Å²) >= 11 is 7.80. The van der Waals surface area contributed by atoms with Gasteiger partial charge in [0.05, 0.1) is 23.3 Å². The van der Waals surface area contributed by atoms with E-state index in [9.17, 15) is 5.26 Å². The average Bonchev–Trinajstić information content (AvgIpc) is 2.94. The molecule has 2 aromatic rings. The van der Waals surface area contributed by atoms with Gasteiger partial charge in [-0.2, -0.15) is 5.26 Å². The number of hydrogen-bond donors (Lipinski definition) is 0. The topological polar surface area (TPSA) is 55.1 Å². The molecule has 0 bridgehead atoms. The van der Waals surface area contributed by atoms with Crippen LogP contribution >= 0.6 is 22.9 Å². The number of halogens is 1. The second-order valence-corrected chi connectivity index (χ2v) is 6.66. The van der Waals surface area contributed by atoms with E-state index in [1.807, 2.05) is 39.1 Å². The summed E-state index contributed by atoms with van der Waals surface area (Å²) in [6.45, 7) is 8.15. The molecule has 0 aliphatic rings. The lowest BCUT2D eigenvalue weighted by Crippen LogP contribution is -2.08. The van der Waals surface area contributed by atoms with E-state index in [2.05, 4.69) is 11.1 Å². The molecule has 0 spiro atoms. The van der Waals surface area contributed by atoms with Crippen molar-refractivity contribution in [2.24, 2.45) is 0 Å². The Morgan fingerprint density at radius 3 is 2.75 bits per heavy atom. The lowest BCUT2D eigenvalue weighted by molar-refractivity contribution is 0.224. The molecule has 24 heavy (non-hydrogen) atoms. The molecule has 0 saturated carbocycles. The van der Waals surface area contributed by atoms with E-state index in [0.717, 1.165) is 11.3 Å². The first kappa shape index (κ1) is 18.3. The van der Waals surface area contributed by atoms with E-state index in [0.29, 0.717) is 33.7 Å². The first-order chi connectivity index (χ1) is 11.4. The van der Waals surface area contributed by atoms with Crippen LogP contribution in [0.2, 0.25) is 5.02 Å². The van der Waals surface area contributed by atoms with Gasteiger partial charge in [0.25, 0.3) is 0 Å². The standard InChI is InChI=1S/C18H19ClN2O2S/c1-5-22-16-8-13(7-15(19)17(16)23-11(2)3)6-14(9-20)18-21-12(4)10-24-18/h6-8,10-11H,5H2,1-4H3/b14-6-. The molecule has 0 fully saturated rings. The zero-order valence-electron chi connectivity index (χ0n) is 14.1. The fourth-order valence-electron chi connectivity index (χ4n) is 2.07. The molecule has 1 aromatic heterocycles. The summed E-state index contributed by atoms with van der Waals surface area (Å²) in [5.74, 6) is 1.09. The van der Waals surface area contributed by atoms with Crippen LogP contribution in [0.25, 0.3) is 11.6 Å². The highest BCUT2D eigenvalue weighted by Gasteiger charge is 2.14. The quantitative estimate of drug-likeness (QED) is 0.649. The summed E-state index contributed by atoms with van der Waals surface area (Å²) in [5, 5.41) is 12.5. The van der Waals surface area contributed by atoms with Crippen LogP contribution in [0, 0.1) is 18.3 Å². The number of allylic oxidation sites excluding steroid dienone is 1. The van der Waals surface area contributed by atoms with Gasteiger partial charge in [0.15, 0.2) is 11.5 Å². The Labute approximate surface area is 151 Å². The minimum absolute atomic E-state index is 0.0175. The van der Waals surface area contributed by atoms with Crippen molar-refractivity contribution in [3.63, 3.8) is 0 Å². The van der Waals surface area contributed by atoms with Crippen LogP contribution in [0.5, 0.6) is 11.5 Å². The van der Waals surface area contributed by atoms with Crippen LogP contribution in [-0.2, 0) is 0 Å². The molecule has 0 N–H and O–H groups in total. The normalized spacial score (nSPS) is 11.5. The minimum Gasteiger partial charge on any atom is -0.490 e. The summed E-state index contributed by atoms with van der Waals surface area (Å²) in [6, 6.07) is 5.78. The van der Waals surface area contributed by atoms with Gasteiger partial charge in [0.2, 0.25) is 0 Å². The molecule has 0 saturated heterocycles. The monoisotopic (exact) mass is 362 g/mol. The molecule has 1 aromatic carbocycles. The van der Waals surface area contributed by atoms with E-state index in [-0.39, 0.29) is 6.10 Å². The number of nitrogens with zero attached hydrogens (tertiary/aromatic N) is 2. The highest BCUT2D eigenvalue weighted by Crippen LogP contribution is 2.38. The lowest BCUT2D eigenvalue weighted by atomic mass is 10.1.